The fraction of sp³-hybridized carbons (Fsp3) is 0.435. The topological polar surface area (TPSA) is 71.5 Å². The number of amides is 2. The predicted octanol–water partition coefficient (Wildman–Crippen LogP) is 2.68. The van der Waals surface area contributed by atoms with Crippen LogP contribution < -0.4 is 5.32 Å². The van der Waals surface area contributed by atoms with Gasteiger partial charge in [-0.25, -0.2) is 0 Å². The molecule has 0 spiro atoms. The van der Waals surface area contributed by atoms with E-state index in [1.165, 1.54) is 0 Å². The molecular formula is C23H29N3O3. The lowest BCUT2D eigenvalue weighted by molar-refractivity contribution is -0.166. The van der Waals surface area contributed by atoms with Crippen LogP contribution in [0, 0.1) is 5.92 Å². The van der Waals surface area contributed by atoms with Gasteiger partial charge in [0.1, 0.15) is 0 Å². The van der Waals surface area contributed by atoms with Crippen LogP contribution in [0.15, 0.2) is 48.8 Å². The van der Waals surface area contributed by atoms with E-state index in [2.05, 4.69) is 10.3 Å². The Balaban J connectivity index is 1.93. The van der Waals surface area contributed by atoms with Crippen molar-refractivity contribution in [2.75, 3.05) is 26.7 Å². The van der Waals surface area contributed by atoms with E-state index in [1.54, 1.807) is 18.1 Å². The van der Waals surface area contributed by atoms with Gasteiger partial charge in [0.25, 0.3) is 5.91 Å². The molecule has 6 heteroatoms. The van der Waals surface area contributed by atoms with Crippen molar-refractivity contribution in [1.29, 1.82) is 0 Å². The summed E-state index contributed by atoms with van der Waals surface area (Å²) in [6.07, 6.45) is 4.39. The zero-order chi connectivity index (χ0) is 20.9. The lowest BCUT2D eigenvalue weighted by Gasteiger charge is -2.42. The van der Waals surface area contributed by atoms with Crippen molar-refractivity contribution >= 4 is 11.8 Å². The maximum atomic E-state index is 12.9. The second kappa shape index (κ2) is 9.18. The molecule has 3 rings (SSSR count). The Bertz CT molecular complexity index is 853. The van der Waals surface area contributed by atoms with Crippen molar-refractivity contribution in [2.45, 2.75) is 32.3 Å². The molecule has 0 saturated carbocycles. The molecule has 154 valence electrons. The maximum absolute atomic E-state index is 12.9. The molecule has 1 aromatic carbocycles. The van der Waals surface area contributed by atoms with Gasteiger partial charge < -0.3 is 15.0 Å². The van der Waals surface area contributed by atoms with Crippen molar-refractivity contribution in [1.82, 2.24) is 15.2 Å². The summed E-state index contributed by atoms with van der Waals surface area (Å²) in [7, 11) is 1.61. The molecule has 1 aromatic heterocycles. The number of hydrogen-bond acceptors (Lipinski definition) is 4. The molecule has 6 nitrogen and oxygen atoms in total. The van der Waals surface area contributed by atoms with Gasteiger partial charge in [-0.3, -0.25) is 14.6 Å². The standard InChI is InChI=1S/C23H29N3O3/c1-17(2)13-21(27)26-11-12-29-23(16-26,22(28)24-3)14-18-7-4-5-9-20(18)19-8-6-10-25-15-19/h4-10,15,17H,11-14,16H2,1-3H3,(H,24,28)/t23-/m1/s1. The molecular weight excluding hydrogens is 366 g/mol. The van der Waals surface area contributed by atoms with Crippen LogP contribution in [0.5, 0.6) is 0 Å². The first kappa shape index (κ1) is 21.0. The largest absolute Gasteiger partial charge is 0.361 e. The highest BCUT2D eigenvalue weighted by Crippen LogP contribution is 2.30. The number of carbonyl (C=O) groups excluding carboxylic acids is 2. The molecule has 1 fully saturated rings. The van der Waals surface area contributed by atoms with Gasteiger partial charge in [0.05, 0.1) is 13.2 Å². The number of morpholine rings is 1. The summed E-state index contributed by atoms with van der Waals surface area (Å²) in [4.78, 5) is 31.6. The van der Waals surface area contributed by atoms with Crippen LogP contribution in [-0.4, -0.2) is 54.0 Å². The van der Waals surface area contributed by atoms with Crippen molar-refractivity contribution in [3.63, 3.8) is 0 Å². The van der Waals surface area contributed by atoms with Crippen LogP contribution in [0.25, 0.3) is 11.1 Å². The van der Waals surface area contributed by atoms with E-state index >= 15 is 0 Å². The third-order valence-electron chi connectivity index (χ3n) is 5.23. The van der Waals surface area contributed by atoms with Crippen molar-refractivity contribution in [3.05, 3.63) is 54.4 Å². The third kappa shape index (κ3) is 4.82. The summed E-state index contributed by atoms with van der Waals surface area (Å²) >= 11 is 0. The number of benzene rings is 1. The van der Waals surface area contributed by atoms with Gasteiger partial charge in [-0.05, 0) is 23.1 Å². The number of carbonyl (C=O) groups is 2. The highest BCUT2D eigenvalue weighted by atomic mass is 16.5. The van der Waals surface area contributed by atoms with Gasteiger partial charge >= 0.3 is 0 Å². The van der Waals surface area contributed by atoms with Gasteiger partial charge in [-0.2, -0.15) is 0 Å². The lowest BCUT2D eigenvalue weighted by atomic mass is 9.87. The summed E-state index contributed by atoms with van der Waals surface area (Å²) in [5, 5.41) is 2.74. The Morgan fingerprint density at radius 2 is 2.03 bits per heavy atom. The van der Waals surface area contributed by atoms with Crippen LogP contribution in [0.1, 0.15) is 25.8 Å². The Kier molecular flexibility index (Phi) is 6.64. The highest BCUT2D eigenvalue weighted by molar-refractivity contribution is 5.87. The second-order valence-electron chi connectivity index (χ2n) is 7.91. The maximum Gasteiger partial charge on any atom is 0.254 e. The Labute approximate surface area is 172 Å². The molecule has 0 bridgehead atoms. The molecule has 2 heterocycles. The van der Waals surface area contributed by atoms with Crippen molar-refractivity contribution < 1.29 is 14.3 Å². The van der Waals surface area contributed by atoms with Crippen LogP contribution in [0.2, 0.25) is 0 Å². The fourth-order valence-electron chi connectivity index (χ4n) is 3.81. The van der Waals surface area contributed by atoms with E-state index in [4.69, 9.17) is 4.74 Å². The quantitative estimate of drug-likeness (QED) is 0.816. The molecule has 29 heavy (non-hydrogen) atoms. The molecule has 0 aliphatic carbocycles. The Hall–Kier alpha value is -2.73. The molecule has 2 aromatic rings. The normalized spacial score (nSPS) is 19.2. The van der Waals surface area contributed by atoms with Crippen LogP contribution in [-0.2, 0) is 20.7 Å². The number of likely N-dealkylation sites (N-methyl/N-ethyl adjacent to an activating group) is 1. The zero-order valence-corrected chi connectivity index (χ0v) is 17.4. The van der Waals surface area contributed by atoms with Crippen LogP contribution in [0.3, 0.4) is 0 Å². The van der Waals surface area contributed by atoms with Crippen molar-refractivity contribution in [3.8, 4) is 11.1 Å². The Morgan fingerprint density at radius 3 is 2.72 bits per heavy atom. The number of hydrogen-bond donors (Lipinski definition) is 1. The number of nitrogens with zero attached hydrogens (tertiary/aromatic N) is 2. The zero-order valence-electron chi connectivity index (χ0n) is 17.4. The number of nitrogens with one attached hydrogen (secondary N) is 1. The van der Waals surface area contributed by atoms with Crippen LogP contribution >= 0.6 is 0 Å². The Morgan fingerprint density at radius 1 is 1.24 bits per heavy atom. The summed E-state index contributed by atoms with van der Waals surface area (Å²) in [5.41, 5.74) is 1.87. The monoisotopic (exact) mass is 395 g/mol. The first-order valence-electron chi connectivity index (χ1n) is 10.1. The van der Waals surface area contributed by atoms with Crippen molar-refractivity contribution in [2.24, 2.45) is 5.92 Å². The third-order valence-corrected chi connectivity index (χ3v) is 5.23. The molecule has 0 unspecified atom stereocenters. The number of ether oxygens (including phenoxy) is 1. The number of rotatable bonds is 6. The number of pyridine rings is 1. The molecule has 1 atom stereocenters. The summed E-state index contributed by atoms with van der Waals surface area (Å²) in [6, 6.07) is 11.8. The van der Waals surface area contributed by atoms with E-state index in [9.17, 15) is 9.59 Å². The lowest BCUT2D eigenvalue weighted by Crippen LogP contribution is -2.61. The van der Waals surface area contributed by atoms with E-state index in [0.717, 1.165) is 16.7 Å². The average Bonchev–Trinajstić information content (AvgIpc) is 2.74. The predicted molar refractivity (Wildman–Crippen MR) is 112 cm³/mol. The SMILES string of the molecule is CNC(=O)[C@@]1(Cc2ccccc2-c2cccnc2)CN(C(=O)CC(C)C)CCO1. The van der Waals surface area contributed by atoms with Gasteiger partial charge in [-0.1, -0.05) is 44.2 Å². The van der Waals surface area contributed by atoms with Gasteiger partial charge in [-0.15, -0.1) is 0 Å². The highest BCUT2D eigenvalue weighted by Gasteiger charge is 2.45. The molecule has 0 radical (unpaired) electrons. The summed E-state index contributed by atoms with van der Waals surface area (Å²) in [5.74, 6) is 0.128. The first-order valence-corrected chi connectivity index (χ1v) is 10.1. The minimum absolute atomic E-state index is 0.0668. The smallest absolute Gasteiger partial charge is 0.254 e. The van der Waals surface area contributed by atoms with E-state index < -0.39 is 5.60 Å². The molecule has 1 N–H and O–H groups in total. The van der Waals surface area contributed by atoms with Crippen LogP contribution in [0.4, 0.5) is 0 Å². The van der Waals surface area contributed by atoms with E-state index in [1.807, 2.05) is 56.4 Å². The average molecular weight is 396 g/mol. The van der Waals surface area contributed by atoms with Gasteiger partial charge in [0.15, 0.2) is 5.60 Å². The summed E-state index contributed by atoms with van der Waals surface area (Å²) in [6.45, 7) is 5.14. The van der Waals surface area contributed by atoms with Gasteiger partial charge in [0.2, 0.25) is 5.91 Å². The van der Waals surface area contributed by atoms with E-state index in [0.29, 0.717) is 26.0 Å². The molecule has 2 amide bonds. The molecule has 1 aliphatic heterocycles. The van der Waals surface area contributed by atoms with Gasteiger partial charge in [0, 0.05) is 44.4 Å². The fourth-order valence-corrected chi connectivity index (χ4v) is 3.81. The first-order chi connectivity index (χ1) is 13.9. The second-order valence-corrected chi connectivity index (χ2v) is 7.91. The molecule has 1 aliphatic rings. The minimum Gasteiger partial charge on any atom is -0.361 e. The van der Waals surface area contributed by atoms with E-state index in [-0.39, 0.29) is 24.3 Å². The molecule has 1 saturated heterocycles. The number of aromatic nitrogens is 1. The minimum atomic E-state index is -1.11. The summed E-state index contributed by atoms with van der Waals surface area (Å²) < 4.78 is 6.08.